The number of carbonyl (C=O) groups is 2. The maximum atomic E-state index is 12.7. The topological polar surface area (TPSA) is 49.4 Å². The summed E-state index contributed by atoms with van der Waals surface area (Å²) in [5, 5.41) is 2.85. The Labute approximate surface area is 113 Å². The molecule has 1 unspecified atom stereocenters. The van der Waals surface area contributed by atoms with E-state index in [9.17, 15) is 9.59 Å². The number of benzene rings is 1. The van der Waals surface area contributed by atoms with Crippen molar-refractivity contribution in [2.24, 2.45) is 0 Å². The Morgan fingerprint density at radius 2 is 2.05 bits per heavy atom. The van der Waals surface area contributed by atoms with Crippen molar-refractivity contribution < 1.29 is 9.59 Å². The van der Waals surface area contributed by atoms with Gasteiger partial charge in [0.1, 0.15) is 5.54 Å². The van der Waals surface area contributed by atoms with E-state index in [-0.39, 0.29) is 11.8 Å². The van der Waals surface area contributed by atoms with E-state index < -0.39 is 5.54 Å². The molecule has 1 saturated heterocycles. The number of rotatable bonds is 3. The van der Waals surface area contributed by atoms with Gasteiger partial charge >= 0.3 is 0 Å². The van der Waals surface area contributed by atoms with Crippen molar-refractivity contribution in [1.29, 1.82) is 0 Å². The minimum atomic E-state index is -1.00. The predicted molar refractivity (Wildman–Crippen MR) is 73.3 cm³/mol. The van der Waals surface area contributed by atoms with E-state index in [4.69, 9.17) is 0 Å². The normalized spacial score (nSPS) is 23.7. The van der Waals surface area contributed by atoms with Crippen molar-refractivity contribution in [3.05, 3.63) is 48.6 Å². The molecule has 0 aromatic heterocycles. The lowest BCUT2D eigenvalue weighted by atomic mass is 9.90. The Kier molecular flexibility index (Phi) is 3.69. The molecule has 1 atom stereocenters. The molecule has 19 heavy (non-hydrogen) atoms. The zero-order valence-electron chi connectivity index (χ0n) is 11.1. The maximum Gasteiger partial charge on any atom is 0.253 e. The van der Waals surface area contributed by atoms with Gasteiger partial charge in [-0.2, -0.15) is 0 Å². The lowest BCUT2D eigenvalue weighted by molar-refractivity contribution is -0.138. The van der Waals surface area contributed by atoms with Crippen LogP contribution < -0.4 is 5.32 Å². The molecule has 1 heterocycles. The second-order valence-corrected chi connectivity index (χ2v) is 4.83. The van der Waals surface area contributed by atoms with Crippen LogP contribution in [-0.2, 0) is 15.1 Å². The number of nitrogens with one attached hydrogen (secondary N) is 1. The van der Waals surface area contributed by atoms with Gasteiger partial charge in [-0.15, -0.1) is 6.58 Å². The van der Waals surface area contributed by atoms with Crippen molar-refractivity contribution in [1.82, 2.24) is 10.2 Å². The molecule has 4 nitrogen and oxygen atoms in total. The van der Waals surface area contributed by atoms with Crippen molar-refractivity contribution in [3.63, 3.8) is 0 Å². The fourth-order valence-electron chi connectivity index (χ4n) is 2.35. The van der Waals surface area contributed by atoms with Crippen molar-refractivity contribution in [2.75, 3.05) is 13.1 Å². The minimum absolute atomic E-state index is 0.0931. The summed E-state index contributed by atoms with van der Waals surface area (Å²) in [6.07, 6.45) is 2.00. The van der Waals surface area contributed by atoms with Crippen LogP contribution in [0.1, 0.15) is 18.9 Å². The zero-order valence-corrected chi connectivity index (χ0v) is 11.1. The second kappa shape index (κ2) is 5.26. The van der Waals surface area contributed by atoms with Gasteiger partial charge in [-0.3, -0.25) is 9.59 Å². The molecule has 0 aliphatic carbocycles. The Bertz CT molecular complexity index is 498. The molecule has 1 aromatic rings. The molecular weight excluding hydrogens is 240 g/mol. The average Bonchev–Trinajstić information content (AvgIpc) is 2.53. The summed E-state index contributed by atoms with van der Waals surface area (Å²) in [4.78, 5) is 26.2. The molecule has 1 aliphatic heterocycles. The van der Waals surface area contributed by atoms with Gasteiger partial charge in [0.25, 0.3) is 5.91 Å². The summed E-state index contributed by atoms with van der Waals surface area (Å²) >= 11 is 0. The molecular formula is C15H18N2O2. The summed E-state index contributed by atoms with van der Waals surface area (Å²) in [5.74, 6) is -0.198. The third-order valence-electron chi connectivity index (χ3n) is 3.41. The van der Waals surface area contributed by atoms with Crippen LogP contribution >= 0.6 is 0 Å². The first kappa shape index (κ1) is 13.3. The smallest absolute Gasteiger partial charge is 0.253 e. The number of nitrogens with zero attached hydrogens (tertiary/aromatic N) is 1. The molecule has 2 amide bonds. The SMILES string of the molecule is C=CCN1CCC(=O)NC(C)(c2ccccc2)C1=O. The van der Waals surface area contributed by atoms with Gasteiger partial charge in [-0.05, 0) is 12.5 Å². The van der Waals surface area contributed by atoms with Crippen LogP contribution in [0.5, 0.6) is 0 Å². The molecule has 0 saturated carbocycles. The van der Waals surface area contributed by atoms with Gasteiger partial charge in [0.15, 0.2) is 0 Å². The Hall–Kier alpha value is -2.10. The monoisotopic (exact) mass is 258 g/mol. The minimum Gasteiger partial charge on any atom is -0.338 e. The average molecular weight is 258 g/mol. The molecule has 100 valence electrons. The fraction of sp³-hybridized carbons (Fsp3) is 0.333. The molecule has 4 heteroatoms. The molecule has 0 spiro atoms. The van der Waals surface area contributed by atoms with E-state index in [0.717, 1.165) is 5.56 Å². The highest BCUT2D eigenvalue weighted by atomic mass is 16.2. The molecule has 1 aliphatic rings. The van der Waals surface area contributed by atoms with Gasteiger partial charge < -0.3 is 10.2 Å². The number of carbonyl (C=O) groups excluding carboxylic acids is 2. The first-order chi connectivity index (χ1) is 9.08. The van der Waals surface area contributed by atoms with Crippen LogP contribution in [0.3, 0.4) is 0 Å². The van der Waals surface area contributed by atoms with Crippen molar-refractivity contribution >= 4 is 11.8 Å². The third-order valence-corrected chi connectivity index (χ3v) is 3.41. The van der Waals surface area contributed by atoms with E-state index >= 15 is 0 Å². The molecule has 1 aromatic carbocycles. The first-order valence-electron chi connectivity index (χ1n) is 6.35. The molecule has 1 N–H and O–H groups in total. The lowest BCUT2D eigenvalue weighted by Crippen LogP contribution is -2.52. The van der Waals surface area contributed by atoms with E-state index in [1.807, 2.05) is 30.3 Å². The van der Waals surface area contributed by atoms with Crippen LogP contribution in [0.4, 0.5) is 0 Å². The highest BCUT2D eigenvalue weighted by molar-refractivity contribution is 5.94. The van der Waals surface area contributed by atoms with Gasteiger partial charge in [-0.1, -0.05) is 36.4 Å². The van der Waals surface area contributed by atoms with Crippen LogP contribution in [0, 0.1) is 0 Å². The molecule has 1 fully saturated rings. The Balaban J connectivity index is 2.42. The fourth-order valence-corrected chi connectivity index (χ4v) is 2.35. The molecule has 0 bridgehead atoms. The summed E-state index contributed by atoms with van der Waals surface area (Å²) in [6, 6.07) is 9.33. The standard InChI is InChI=1S/C15H18N2O2/c1-3-10-17-11-9-13(18)16-15(2,14(17)19)12-7-5-4-6-8-12/h3-8H,1,9-11H2,2H3,(H,16,18). The highest BCUT2D eigenvalue weighted by Crippen LogP contribution is 2.25. The van der Waals surface area contributed by atoms with Crippen LogP contribution in [0.2, 0.25) is 0 Å². The third kappa shape index (κ3) is 2.52. The lowest BCUT2D eigenvalue weighted by Gasteiger charge is -2.32. The van der Waals surface area contributed by atoms with E-state index in [2.05, 4.69) is 11.9 Å². The van der Waals surface area contributed by atoms with E-state index in [1.165, 1.54) is 0 Å². The van der Waals surface area contributed by atoms with Gasteiger partial charge in [0.05, 0.1) is 0 Å². The van der Waals surface area contributed by atoms with Crippen molar-refractivity contribution in [3.8, 4) is 0 Å². The summed E-state index contributed by atoms with van der Waals surface area (Å²) in [6.45, 7) is 6.30. The predicted octanol–water partition coefficient (Wildman–Crippen LogP) is 1.44. The summed E-state index contributed by atoms with van der Waals surface area (Å²) < 4.78 is 0. The van der Waals surface area contributed by atoms with Crippen molar-refractivity contribution in [2.45, 2.75) is 18.9 Å². The van der Waals surface area contributed by atoms with Crippen LogP contribution in [0.25, 0.3) is 0 Å². The van der Waals surface area contributed by atoms with Crippen LogP contribution in [-0.4, -0.2) is 29.8 Å². The van der Waals surface area contributed by atoms with Crippen LogP contribution in [0.15, 0.2) is 43.0 Å². The second-order valence-electron chi connectivity index (χ2n) is 4.83. The highest BCUT2D eigenvalue weighted by Gasteiger charge is 2.41. The number of amides is 2. The summed E-state index contributed by atoms with van der Waals surface area (Å²) in [5.41, 5.74) is -0.206. The van der Waals surface area contributed by atoms with Gasteiger partial charge in [0.2, 0.25) is 5.91 Å². The first-order valence-corrected chi connectivity index (χ1v) is 6.35. The number of hydrogen-bond donors (Lipinski definition) is 1. The van der Waals surface area contributed by atoms with Gasteiger partial charge in [0, 0.05) is 19.5 Å². The quantitative estimate of drug-likeness (QED) is 0.834. The Morgan fingerprint density at radius 3 is 2.68 bits per heavy atom. The van der Waals surface area contributed by atoms with Gasteiger partial charge in [-0.25, -0.2) is 0 Å². The van der Waals surface area contributed by atoms with E-state index in [1.54, 1.807) is 17.9 Å². The number of hydrogen-bond acceptors (Lipinski definition) is 2. The largest absolute Gasteiger partial charge is 0.338 e. The zero-order chi connectivity index (χ0) is 13.9. The maximum absolute atomic E-state index is 12.7. The van der Waals surface area contributed by atoms with E-state index in [0.29, 0.717) is 19.5 Å². The summed E-state index contributed by atoms with van der Waals surface area (Å²) in [7, 11) is 0. The molecule has 2 rings (SSSR count). The Morgan fingerprint density at radius 1 is 1.37 bits per heavy atom. The molecule has 0 radical (unpaired) electrons.